The molecule has 1 heterocycles. The van der Waals surface area contributed by atoms with E-state index < -0.39 is 6.04 Å². The van der Waals surface area contributed by atoms with Crippen molar-refractivity contribution in [3.63, 3.8) is 0 Å². The summed E-state index contributed by atoms with van der Waals surface area (Å²) in [6.45, 7) is 12.7. The fourth-order valence-electron chi connectivity index (χ4n) is 3.99. The monoisotopic (exact) mass is 378 g/mol. The summed E-state index contributed by atoms with van der Waals surface area (Å²) in [5, 5.41) is 9.30. The van der Waals surface area contributed by atoms with Crippen molar-refractivity contribution in [1.82, 2.24) is 20.9 Å². The highest BCUT2D eigenvalue weighted by Gasteiger charge is 2.41. The summed E-state index contributed by atoms with van der Waals surface area (Å²) in [5.41, 5.74) is -0.294. The largest absolute Gasteiger partial charge is 0.375 e. The second-order valence-electron chi connectivity index (χ2n) is 9.30. The first kappa shape index (κ1) is 21.6. The molecule has 0 aromatic carbocycles. The molecule has 2 rings (SSSR count). The Bertz CT molecular complexity index is 551. The van der Waals surface area contributed by atoms with E-state index in [1.165, 1.54) is 19.3 Å². The maximum Gasteiger partial charge on any atom is 0.246 e. The third kappa shape index (κ3) is 5.63. The van der Waals surface area contributed by atoms with Crippen LogP contribution in [0.1, 0.15) is 66.2 Å². The van der Waals surface area contributed by atoms with E-state index in [0.29, 0.717) is 12.4 Å². The summed E-state index contributed by atoms with van der Waals surface area (Å²) in [6, 6.07) is -0.630. The van der Waals surface area contributed by atoms with E-state index in [9.17, 15) is 9.59 Å². The lowest BCUT2D eigenvalue weighted by Gasteiger charge is -2.36. The van der Waals surface area contributed by atoms with Gasteiger partial charge in [0.15, 0.2) is 0 Å². The van der Waals surface area contributed by atoms with Crippen LogP contribution in [0.15, 0.2) is 12.4 Å². The van der Waals surface area contributed by atoms with Crippen molar-refractivity contribution in [3.8, 4) is 0 Å². The zero-order valence-electron chi connectivity index (χ0n) is 17.7. The van der Waals surface area contributed by atoms with Gasteiger partial charge in [-0.25, -0.2) is 0 Å². The number of carbonyl (C=O) groups excluding carboxylic acids is 2. The lowest BCUT2D eigenvalue weighted by Crippen LogP contribution is -2.57. The first-order chi connectivity index (χ1) is 12.6. The molecule has 0 spiro atoms. The molecule has 3 atom stereocenters. The van der Waals surface area contributed by atoms with Gasteiger partial charge in [0.25, 0.3) is 0 Å². The minimum atomic E-state index is -0.432. The zero-order chi connectivity index (χ0) is 20.2. The van der Waals surface area contributed by atoms with Crippen LogP contribution in [-0.4, -0.2) is 48.4 Å². The molecule has 1 aliphatic carbocycles. The third-order valence-electron chi connectivity index (χ3n) is 5.87. The van der Waals surface area contributed by atoms with E-state index in [2.05, 4.69) is 29.5 Å². The Kier molecular flexibility index (Phi) is 7.18. The average molecular weight is 379 g/mol. The Balaban J connectivity index is 2.02. The van der Waals surface area contributed by atoms with Crippen molar-refractivity contribution >= 4 is 11.8 Å². The minimum Gasteiger partial charge on any atom is -0.375 e. The minimum absolute atomic E-state index is 0.00669. The van der Waals surface area contributed by atoms with Gasteiger partial charge in [-0.1, -0.05) is 46.6 Å². The van der Waals surface area contributed by atoms with Crippen LogP contribution in [0.2, 0.25) is 0 Å². The van der Waals surface area contributed by atoms with Crippen LogP contribution < -0.4 is 16.0 Å². The lowest BCUT2D eigenvalue weighted by atomic mass is 9.81. The third-order valence-corrected chi connectivity index (χ3v) is 5.87. The number of likely N-dealkylation sites (tertiary alicyclic amines) is 1. The van der Waals surface area contributed by atoms with E-state index in [-0.39, 0.29) is 29.3 Å². The topological polar surface area (TPSA) is 73.5 Å². The lowest BCUT2D eigenvalue weighted by molar-refractivity contribution is -0.142. The van der Waals surface area contributed by atoms with Crippen LogP contribution in [0.5, 0.6) is 0 Å². The molecule has 3 N–H and O–H groups in total. The van der Waals surface area contributed by atoms with Crippen LogP contribution in [0.25, 0.3) is 0 Å². The quantitative estimate of drug-likeness (QED) is 0.606. The van der Waals surface area contributed by atoms with Gasteiger partial charge in [0, 0.05) is 19.6 Å². The van der Waals surface area contributed by atoms with Crippen molar-refractivity contribution in [2.24, 2.45) is 11.3 Å². The number of nitrogens with one attached hydrogen (secondary N) is 3. The standard InChI is InChI=1S/C21H38N4O2/c1-14(13-16-9-7-10-16)23-19(26)17-11-8-12-25(17)20(27)18(21(3,4)5)24-15(2)22-6/h14,16-18,22,24H,2,7-13H2,1,3-6H3,(H,23,26). The van der Waals surface area contributed by atoms with Crippen LogP contribution in [0.4, 0.5) is 0 Å². The van der Waals surface area contributed by atoms with E-state index in [0.717, 1.165) is 25.2 Å². The molecule has 3 unspecified atom stereocenters. The van der Waals surface area contributed by atoms with Crippen molar-refractivity contribution < 1.29 is 9.59 Å². The number of hydrogen-bond acceptors (Lipinski definition) is 4. The van der Waals surface area contributed by atoms with Crippen LogP contribution in [-0.2, 0) is 9.59 Å². The van der Waals surface area contributed by atoms with Gasteiger partial charge in [-0.3, -0.25) is 9.59 Å². The Labute approximate surface area is 164 Å². The predicted octanol–water partition coefficient (Wildman–Crippen LogP) is 2.37. The summed E-state index contributed by atoms with van der Waals surface area (Å²) in [4.78, 5) is 27.9. The summed E-state index contributed by atoms with van der Waals surface area (Å²) in [6.07, 6.45) is 6.52. The van der Waals surface area contributed by atoms with Crippen LogP contribution in [0.3, 0.4) is 0 Å². The average Bonchev–Trinajstić information content (AvgIpc) is 3.03. The van der Waals surface area contributed by atoms with Gasteiger partial charge in [-0.05, 0) is 37.5 Å². The molecule has 2 aliphatic rings. The molecule has 2 amide bonds. The molecular weight excluding hydrogens is 340 g/mol. The van der Waals surface area contributed by atoms with Crippen molar-refractivity contribution in [1.29, 1.82) is 0 Å². The Hall–Kier alpha value is -1.72. The van der Waals surface area contributed by atoms with Gasteiger partial charge in [-0.2, -0.15) is 0 Å². The summed E-state index contributed by atoms with van der Waals surface area (Å²) >= 11 is 0. The van der Waals surface area contributed by atoms with Crippen LogP contribution in [0, 0.1) is 11.3 Å². The van der Waals surface area contributed by atoms with E-state index in [1.807, 2.05) is 20.8 Å². The number of rotatable bonds is 8. The van der Waals surface area contributed by atoms with Crippen LogP contribution >= 0.6 is 0 Å². The highest BCUT2D eigenvalue weighted by molar-refractivity contribution is 5.91. The highest BCUT2D eigenvalue weighted by Crippen LogP contribution is 2.31. The normalized spacial score (nSPS) is 22.6. The maximum atomic E-state index is 13.3. The molecule has 0 aromatic rings. The summed E-state index contributed by atoms with van der Waals surface area (Å²) in [5.74, 6) is 1.33. The second kappa shape index (κ2) is 8.98. The Morgan fingerprint density at radius 2 is 1.81 bits per heavy atom. The SMILES string of the molecule is C=C(NC)NC(C(=O)N1CCCC1C(=O)NC(C)CC1CCC1)C(C)(C)C. The second-order valence-corrected chi connectivity index (χ2v) is 9.30. The molecule has 6 nitrogen and oxygen atoms in total. The molecular formula is C21H38N4O2. The molecule has 27 heavy (non-hydrogen) atoms. The first-order valence-corrected chi connectivity index (χ1v) is 10.4. The van der Waals surface area contributed by atoms with Gasteiger partial charge in [0.2, 0.25) is 11.8 Å². The fourth-order valence-corrected chi connectivity index (χ4v) is 3.99. The van der Waals surface area contributed by atoms with E-state index in [4.69, 9.17) is 0 Å². The van der Waals surface area contributed by atoms with Gasteiger partial charge in [0.1, 0.15) is 12.1 Å². The van der Waals surface area contributed by atoms with Crippen molar-refractivity contribution in [2.75, 3.05) is 13.6 Å². The molecule has 1 saturated heterocycles. The van der Waals surface area contributed by atoms with Gasteiger partial charge in [0.05, 0.1) is 5.82 Å². The molecule has 154 valence electrons. The number of carbonyl (C=O) groups is 2. The predicted molar refractivity (Wildman–Crippen MR) is 109 cm³/mol. The zero-order valence-corrected chi connectivity index (χ0v) is 17.7. The molecule has 2 fully saturated rings. The van der Waals surface area contributed by atoms with Gasteiger partial charge in [-0.15, -0.1) is 0 Å². The number of nitrogens with zero attached hydrogens (tertiary/aromatic N) is 1. The van der Waals surface area contributed by atoms with E-state index >= 15 is 0 Å². The van der Waals surface area contributed by atoms with Gasteiger partial charge >= 0.3 is 0 Å². The highest BCUT2D eigenvalue weighted by atomic mass is 16.2. The molecule has 1 saturated carbocycles. The molecule has 1 aliphatic heterocycles. The smallest absolute Gasteiger partial charge is 0.246 e. The molecule has 6 heteroatoms. The number of amides is 2. The van der Waals surface area contributed by atoms with Crippen molar-refractivity contribution in [2.45, 2.75) is 84.3 Å². The number of hydrogen-bond donors (Lipinski definition) is 3. The summed E-state index contributed by atoms with van der Waals surface area (Å²) in [7, 11) is 1.77. The molecule has 0 radical (unpaired) electrons. The van der Waals surface area contributed by atoms with E-state index in [1.54, 1.807) is 11.9 Å². The molecule has 0 bridgehead atoms. The maximum absolute atomic E-state index is 13.3. The molecule has 0 aromatic heterocycles. The fraction of sp³-hybridized carbons (Fsp3) is 0.810. The first-order valence-electron chi connectivity index (χ1n) is 10.4. The summed E-state index contributed by atoms with van der Waals surface area (Å²) < 4.78 is 0. The van der Waals surface area contributed by atoms with Crippen molar-refractivity contribution in [3.05, 3.63) is 12.4 Å². The van der Waals surface area contributed by atoms with Gasteiger partial charge < -0.3 is 20.9 Å². The Morgan fingerprint density at radius 1 is 1.15 bits per heavy atom. The Morgan fingerprint density at radius 3 is 2.33 bits per heavy atom.